The molecule has 1 aromatic heterocycles. The average Bonchev–Trinajstić information content (AvgIpc) is 3.47. The molecule has 2 aliphatic heterocycles. The van der Waals surface area contributed by atoms with Crippen molar-refractivity contribution < 1.29 is 23.1 Å². The van der Waals surface area contributed by atoms with Crippen molar-refractivity contribution in [2.45, 2.75) is 37.9 Å². The number of piperazine rings is 1. The molecule has 2 aromatic carbocycles. The number of piperidine rings is 1. The molecule has 3 fully saturated rings. The Morgan fingerprint density at radius 3 is 2.44 bits per heavy atom. The molecule has 41 heavy (non-hydrogen) atoms. The SMILES string of the molecule is O=C(O)c1cnn(C2CCCN(c3cc(Cl)ccc3-c3ccc(N4CCN(C[C@H]5C[C@H]5F)CC4)cc3)C2)c1C(F)F. The maximum atomic E-state index is 13.9. The van der Waals surface area contributed by atoms with Gasteiger partial charge < -0.3 is 14.9 Å². The van der Waals surface area contributed by atoms with Crippen LogP contribution in [0.3, 0.4) is 0 Å². The van der Waals surface area contributed by atoms with E-state index in [1.807, 2.05) is 18.2 Å². The fourth-order valence-corrected chi connectivity index (χ4v) is 6.37. The summed E-state index contributed by atoms with van der Waals surface area (Å²) in [5.74, 6) is -1.19. The average molecular weight is 588 g/mol. The lowest BCUT2D eigenvalue weighted by Crippen LogP contribution is -2.47. The number of benzene rings is 2. The maximum Gasteiger partial charge on any atom is 0.339 e. The highest BCUT2D eigenvalue weighted by molar-refractivity contribution is 6.31. The van der Waals surface area contributed by atoms with Crippen LogP contribution in [0.5, 0.6) is 0 Å². The molecule has 3 atom stereocenters. The van der Waals surface area contributed by atoms with E-state index in [0.29, 0.717) is 31.0 Å². The molecule has 6 rings (SSSR count). The summed E-state index contributed by atoms with van der Waals surface area (Å²) in [4.78, 5) is 18.3. The van der Waals surface area contributed by atoms with E-state index >= 15 is 0 Å². The van der Waals surface area contributed by atoms with E-state index in [1.54, 1.807) is 0 Å². The van der Waals surface area contributed by atoms with E-state index in [2.05, 4.69) is 44.1 Å². The molecule has 3 aromatic rings. The Labute approximate surface area is 242 Å². The molecule has 0 spiro atoms. The monoisotopic (exact) mass is 587 g/mol. The molecule has 2 saturated heterocycles. The number of alkyl halides is 3. The first-order valence-electron chi connectivity index (χ1n) is 14.1. The number of hydrogen-bond acceptors (Lipinski definition) is 5. The van der Waals surface area contributed by atoms with Crippen molar-refractivity contribution >= 4 is 28.9 Å². The molecular weight excluding hydrogens is 555 g/mol. The first-order chi connectivity index (χ1) is 19.8. The van der Waals surface area contributed by atoms with Gasteiger partial charge in [0.25, 0.3) is 6.43 Å². The zero-order valence-corrected chi connectivity index (χ0v) is 23.4. The van der Waals surface area contributed by atoms with Gasteiger partial charge in [0.1, 0.15) is 17.4 Å². The Balaban J connectivity index is 1.19. The third-order valence-corrected chi connectivity index (χ3v) is 8.79. The van der Waals surface area contributed by atoms with Crippen LogP contribution in [0.25, 0.3) is 11.1 Å². The van der Waals surface area contributed by atoms with E-state index in [4.69, 9.17) is 11.6 Å². The van der Waals surface area contributed by atoms with Gasteiger partial charge in [-0.05, 0) is 49.1 Å². The van der Waals surface area contributed by atoms with Gasteiger partial charge in [-0.3, -0.25) is 9.58 Å². The van der Waals surface area contributed by atoms with Crippen molar-refractivity contribution in [3.8, 4) is 11.1 Å². The van der Waals surface area contributed by atoms with Crippen molar-refractivity contribution in [1.82, 2.24) is 14.7 Å². The van der Waals surface area contributed by atoms with Gasteiger partial charge in [-0.1, -0.05) is 29.8 Å². The minimum atomic E-state index is -2.94. The summed E-state index contributed by atoms with van der Waals surface area (Å²) in [7, 11) is 0. The molecule has 1 unspecified atom stereocenters. The van der Waals surface area contributed by atoms with E-state index in [9.17, 15) is 23.1 Å². The molecule has 218 valence electrons. The van der Waals surface area contributed by atoms with Crippen molar-refractivity contribution in [3.05, 3.63) is 64.9 Å². The lowest BCUT2D eigenvalue weighted by molar-refractivity contribution is 0.0681. The number of aromatic carboxylic acids is 1. The maximum absolute atomic E-state index is 13.9. The smallest absolute Gasteiger partial charge is 0.339 e. The summed E-state index contributed by atoms with van der Waals surface area (Å²) < 4.78 is 42.2. The predicted molar refractivity (Wildman–Crippen MR) is 153 cm³/mol. The van der Waals surface area contributed by atoms with Crippen LogP contribution in [0.4, 0.5) is 24.5 Å². The van der Waals surface area contributed by atoms with Crippen molar-refractivity contribution in [2.24, 2.45) is 5.92 Å². The van der Waals surface area contributed by atoms with Gasteiger partial charge in [0, 0.05) is 73.7 Å². The number of aromatic nitrogens is 2. The normalized spacial score (nSPS) is 23.3. The third-order valence-electron chi connectivity index (χ3n) is 8.56. The largest absolute Gasteiger partial charge is 0.478 e. The molecule has 3 heterocycles. The number of carbonyl (C=O) groups is 1. The molecule has 7 nitrogen and oxygen atoms in total. The number of carboxylic acid groups (broad SMARTS) is 1. The molecule has 1 saturated carbocycles. The van der Waals surface area contributed by atoms with E-state index in [1.165, 1.54) is 4.68 Å². The zero-order chi connectivity index (χ0) is 28.7. The van der Waals surface area contributed by atoms with Crippen LogP contribution in [0.1, 0.15) is 47.8 Å². The lowest BCUT2D eigenvalue weighted by atomic mass is 9.99. The number of anilines is 2. The van der Waals surface area contributed by atoms with Gasteiger partial charge >= 0.3 is 5.97 Å². The highest BCUT2D eigenvalue weighted by Crippen LogP contribution is 2.38. The molecule has 1 aliphatic carbocycles. The Morgan fingerprint density at radius 2 is 1.78 bits per heavy atom. The Kier molecular flexibility index (Phi) is 7.87. The minimum absolute atomic E-state index is 0.220. The van der Waals surface area contributed by atoms with Crippen molar-refractivity contribution in [3.63, 3.8) is 0 Å². The highest BCUT2D eigenvalue weighted by atomic mass is 35.5. The molecular formula is C30H33ClF3N5O2. The Hall–Kier alpha value is -3.24. The first-order valence-corrected chi connectivity index (χ1v) is 14.5. The second kappa shape index (κ2) is 11.6. The van der Waals surface area contributed by atoms with Gasteiger partial charge in [-0.15, -0.1) is 0 Å². The summed E-state index contributed by atoms with van der Waals surface area (Å²) in [5, 5.41) is 14.0. The van der Waals surface area contributed by atoms with Crippen LogP contribution < -0.4 is 9.80 Å². The zero-order valence-electron chi connectivity index (χ0n) is 22.6. The van der Waals surface area contributed by atoms with Crippen LogP contribution in [-0.4, -0.2) is 77.7 Å². The molecule has 0 amide bonds. The standard InChI is InChI=1S/C30H33ClF3N5O2/c31-21-5-8-24(19-3-6-22(7-4-19)37-12-10-36(11-13-37)17-20-14-26(20)32)27(15-21)38-9-1-2-23(18-38)39-28(29(33)34)25(16-35-39)30(40)41/h3-8,15-16,20,23,26,29H,1-2,9-14,17-18H2,(H,40,41)/t20-,23?,26-/m1/s1. The predicted octanol–water partition coefficient (Wildman–Crippen LogP) is 6.16. The quantitative estimate of drug-likeness (QED) is 0.341. The molecule has 3 aliphatic rings. The molecule has 0 radical (unpaired) electrons. The second-order valence-electron chi connectivity index (χ2n) is 11.2. The number of nitrogens with zero attached hydrogens (tertiary/aromatic N) is 5. The number of hydrogen-bond donors (Lipinski definition) is 1. The number of carboxylic acids is 1. The summed E-state index contributed by atoms with van der Waals surface area (Å²) >= 11 is 6.42. The highest BCUT2D eigenvalue weighted by Gasteiger charge is 2.39. The van der Waals surface area contributed by atoms with Crippen LogP contribution in [0.2, 0.25) is 5.02 Å². The number of halogens is 4. The topological polar surface area (TPSA) is 64.8 Å². The number of rotatable bonds is 8. The summed E-state index contributed by atoms with van der Waals surface area (Å²) in [5.41, 5.74) is 3.04. The van der Waals surface area contributed by atoms with Crippen LogP contribution in [-0.2, 0) is 0 Å². The van der Waals surface area contributed by atoms with Crippen LogP contribution >= 0.6 is 11.6 Å². The minimum Gasteiger partial charge on any atom is -0.478 e. The van der Waals surface area contributed by atoms with Crippen molar-refractivity contribution in [2.75, 3.05) is 55.6 Å². The summed E-state index contributed by atoms with van der Waals surface area (Å²) in [6.45, 7) is 5.65. The fourth-order valence-electron chi connectivity index (χ4n) is 6.20. The third kappa shape index (κ3) is 5.90. The molecule has 1 N–H and O–H groups in total. The van der Waals surface area contributed by atoms with Crippen LogP contribution in [0, 0.1) is 5.92 Å². The molecule has 11 heteroatoms. The Morgan fingerprint density at radius 1 is 1.05 bits per heavy atom. The van der Waals surface area contributed by atoms with Gasteiger partial charge in [-0.2, -0.15) is 5.10 Å². The summed E-state index contributed by atoms with van der Waals surface area (Å²) in [6.07, 6.45) is -0.481. The van der Waals surface area contributed by atoms with Gasteiger partial charge in [-0.25, -0.2) is 18.0 Å². The van der Waals surface area contributed by atoms with Gasteiger partial charge in [0.05, 0.1) is 12.2 Å². The lowest BCUT2D eigenvalue weighted by Gasteiger charge is -2.37. The van der Waals surface area contributed by atoms with E-state index < -0.39 is 35.9 Å². The Bertz CT molecular complexity index is 1390. The van der Waals surface area contributed by atoms with Gasteiger partial charge in [0.15, 0.2) is 0 Å². The fraction of sp³-hybridized carbons (Fsp3) is 0.467. The van der Waals surface area contributed by atoms with Crippen molar-refractivity contribution in [1.29, 1.82) is 0 Å². The van der Waals surface area contributed by atoms with Crippen LogP contribution in [0.15, 0.2) is 48.7 Å². The summed E-state index contributed by atoms with van der Waals surface area (Å²) in [6, 6.07) is 13.7. The molecule has 0 bridgehead atoms. The van der Waals surface area contributed by atoms with E-state index in [-0.39, 0.29) is 5.92 Å². The first kappa shape index (κ1) is 27.9. The second-order valence-corrected chi connectivity index (χ2v) is 11.7. The van der Waals surface area contributed by atoms with Gasteiger partial charge in [0.2, 0.25) is 0 Å². The van der Waals surface area contributed by atoms with E-state index in [0.717, 1.165) is 67.8 Å².